The van der Waals surface area contributed by atoms with Crippen molar-refractivity contribution in [2.75, 3.05) is 18.0 Å². The Hall–Kier alpha value is -1.49. The topological polar surface area (TPSA) is 7.60 Å². The fourth-order valence-electron chi connectivity index (χ4n) is 2.17. The molecular weight excluding hydrogens is 196 g/mol. The Labute approximate surface area is 97.7 Å². The van der Waals surface area contributed by atoms with E-state index >= 15 is 0 Å². The molecule has 0 saturated carbocycles. The van der Waals surface area contributed by atoms with Crippen LogP contribution in [0, 0.1) is 12.5 Å². The second-order valence-corrected chi connectivity index (χ2v) is 4.65. The first-order valence-corrected chi connectivity index (χ1v) is 5.96. The molecule has 1 aliphatic heterocycles. The summed E-state index contributed by atoms with van der Waals surface area (Å²) in [5, 5.41) is 0. The molecule has 0 N–H and O–H groups in total. The number of anilines is 1. The van der Waals surface area contributed by atoms with Crippen molar-refractivity contribution in [3.8, 4) is 0 Å². The van der Waals surface area contributed by atoms with Gasteiger partial charge >= 0.3 is 0 Å². The largest absolute Gasteiger partial charge is 0.372 e. The minimum atomic E-state index is 0.497. The van der Waals surface area contributed by atoms with Gasteiger partial charge in [0.15, 0.2) is 0 Å². The fourth-order valence-corrected chi connectivity index (χ4v) is 2.17. The average Bonchev–Trinajstić information content (AvgIpc) is 2.32. The number of hydrogen-bond acceptors (Lipinski definition) is 1. The Bertz CT molecular complexity index is 367. The Balaban J connectivity index is 2.02. The third-order valence-corrected chi connectivity index (χ3v) is 3.35. The number of rotatable bonds is 2. The summed E-state index contributed by atoms with van der Waals surface area (Å²) in [4.78, 5) is 5.84. The molecule has 0 amide bonds. The average molecular weight is 214 g/mol. The van der Waals surface area contributed by atoms with E-state index in [1.807, 2.05) is 0 Å². The van der Waals surface area contributed by atoms with E-state index in [0.717, 1.165) is 11.5 Å². The molecule has 0 unspecified atom stereocenters. The van der Waals surface area contributed by atoms with Crippen molar-refractivity contribution in [2.45, 2.75) is 26.3 Å². The van der Waals surface area contributed by atoms with Gasteiger partial charge in [-0.05, 0) is 43.0 Å². The summed E-state index contributed by atoms with van der Waals surface area (Å²) in [6.45, 7) is 12.0. The number of hydrogen-bond donors (Lipinski definition) is 0. The highest BCUT2D eigenvalue weighted by Gasteiger charge is 2.15. The van der Waals surface area contributed by atoms with Crippen molar-refractivity contribution in [2.24, 2.45) is 5.92 Å². The normalized spacial score (nSPS) is 17.1. The minimum absolute atomic E-state index is 0.497. The van der Waals surface area contributed by atoms with Crippen LogP contribution in [0.1, 0.15) is 25.3 Å². The minimum Gasteiger partial charge on any atom is -0.372 e. The molecule has 0 bridgehead atoms. The molecule has 0 aliphatic carbocycles. The maximum atomic E-state index is 6.83. The molecule has 1 saturated heterocycles. The molecule has 0 spiro atoms. The molecule has 1 heterocycles. The first-order valence-electron chi connectivity index (χ1n) is 5.96. The van der Waals surface area contributed by atoms with E-state index in [-0.39, 0.29) is 0 Å². The number of benzene rings is 1. The van der Waals surface area contributed by atoms with Crippen LogP contribution in [0.4, 0.5) is 5.69 Å². The molecule has 2 nitrogen and oxygen atoms in total. The molecule has 2 rings (SSSR count). The summed E-state index contributed by atoms with van der Waals surface area (Å²) in [5.41, 5.74) is 2.42. The molecule has 1 aromatic rings. The van der Waals surface area contributed by atoms with Crippen LogP contribution >= 0.6 is 0 Å². The van der Waals surface area contributed by atoms with E-state index in [2.05, 4.69) is 40.9 Å². The maximum absolute atomic E-state index is 6.83. The van der Waals surface area contributed by atoms with Gasteiger partial charge in [0.2, 0.25) is 6.54 Å². The van der Waals surface area contributed by atoms with Gasteiger partial charge in [-0.2, -0.15) is 0 Å². The van der Waals surface area contributed by atoms with Crippen LogP contribution in [0.15, 0.2) is 24.3 Å². The van der Waals surface area contributed by atoms with E-state index in [9.17, 15) is 0 Å². The van der Waals surface area contributed by atoms with Crippen LogP contribution in [0.3, 0.4) is 0 Å². The first kappa shape index (κ1) is 11.0. The standard InChI is InChI=1S/C14H18N2/c1-12-7-9-16(10-8-12)14-5-3-13(4-6-14)11-15-2/h3-6,12H,7-11H2,1H3. The van der Waals surface area contributed by atoms with Crippen molar-refractivity contribution < 1.29 is 0 Å². The summed E-state index contributed by atoms with van der Waals surface area (Å²) < 4.78 is 0. The smallest absolute Gasteiger partial charge is 0.239 e. The van der Waals surface area contributed by atoms with Crippen LogP contribution in [-0.4, -0.2) is 13.1 Å². The van der Waals surface area contributed by atoms with Crippen LogP contribution < -0.4 is 4.90 Å². The van der Waals surface area contributed by atoms with Gasteiger partial charge in [-0.3, -0.25) is 0 Å². The first-order chi connectivity index (χ1) is 7.79. The lowest BCUT2D eigenvalue weighted by molar-refractivity contribution is 0.438. The van der Waals surface area contributed by atoms with Crippen molar-refractivity contribution >= 4 is 5.69 Å². The third-order valence-electron chi connectivity index (χ3n) is 3.35. The maximum Gasteiger partial charge on any atom is 0.239 e. The monoisotopic (exact) mass is 214 g/mol. The van der Waals surface area contributed by atoms with E-state index in [1.54, 1.807) is 0 Å². The quantitative estimate of drug-likeness (QED) is 0.685. The van der Waals surface area contributed by atoms with Gasteiger partial charge in [0.25, 0.3) is 0 Å². The van der Waals surface area contributed by atoms with Crippen LogP contribution in [0.2, 0.25) is 0 Å². The zero-order valence-electron chi connectivity index (χ0n) is 9.82. The fraction of sp³-hybridized carbons (Fsp3) is 0.500. The molecule has 1 aromatic carbocycles. The molecule has 1 fully saturated rings. The summed E-state index contributed by atoms with van der Waals surface area (Å²) in [7, 11) is 0. The second-order valence-electron chi connectivity index (χ2n) is 4.65. The lowest BCUT2D eigenvalue weighted by Gasteiger charge is -2.32. The highest BCUT2D eigenvalue weighted by molar-refractivity contribution is 5.48. The van der Waals surface area contributed by atoms with Gasteiger partial charge in [-0.15, -0.1) is 0 Å². The van der Waals surface area contributed by atoms with Gasteiger partial charge in [0.1, 0.15) is 0 Å². The van der Waals surface area contributed by atoms with Gasteiger partial charge in [-0.25, -0.2) is 6.57 Å². The van der Waals surface area contributed by atoms with E-state index in [0.29, 0.717) is 6.54 Å². The third kappa shape index (κ3) is 2.55. The lowest BCUT2D eigenvalue weighted by Crippen LogP contribution is -2.32. The lowest BCUT2D eigenvalue weighted by atomic mass is 9.99. The van der Waals surface area contributed by atoms with Crippen LogP contribution in [0.25, 0.3) is 4.85 Å². The number of nitrogens with zero attached hydrogens (tertiary/aromatic N) is 2. The van der Waals surface area contributed by atoms with Crippen molar-refractivity contribution in [3.63, 3.8) is 0 Å². The molecule has 0 radical (unpaired) electrons. The Kier molecular flexibility index (Phi) is 3.46. The highest BCUT2D eigenvalue weighted by Crippen LogP contribution is 2.23. The summed E-state index contributed by atoms with van der Waals surface area (Å²) in [5.74, 6) is 0.873. The van der Waals surface area contributed by atoms with E-state index in [1.165, 1.54) is 31.6 Å². The summed E-state index contributed by atoms with van der Waals surface area (Å²) in [6, 6.07) is 8.45. The van der Waals surface area contributed by atoms with Gasteiger partial charge in [-0.1, -0.05) is 6.92 Å². The molecule has 0 atom stereocenters. The summed E-state index contributed by atoms with van der Waals surface area (Å²) >= 11 is 0. The van der Waals surface area contributed by atoms with Crippen LogP contribution in [0.5, 0.6) is 0 Å². The van der Waals surface area contributed by atoms with E-state index in [4.69, 9.17) is 6.57 Å². The second kappa shape index (κ2) is 5.03. The molecule has 2 heteroatoms. The van der Waals surface area contributed by atoms with Crippen molar-refractivity contribution in [3.05, 3.63) is 41.2 Å². The predicted molar refractivity (Wildman–Crippen MR) is 67.4 cm³/mol. The van der Waals surface area contributed by atoms with Gasteiger partial charge < -0.3 is 9.74 Å². The van der Waals surface area contributed by atoms with Gasteiger partial charge in [0, 0.05) is 24.3 Å². The van der Waals surface area contributed by atoms with E-state index < -0.39 is 0 Å². The SMILES string of the molecule is [C-]#[N+]Cc1ccc(N2CCC(C)CC2)cc1. The Morgan fingerprint density at radius 3 is 2.44 bits per heavy atom. The summed E-state index contributed by atoms with van der Waals surface area (Å²) in [6.07, 6.45) is 2.59. The molecule has 1 aliphatic rings. The zero-order chi connectivity index (χ0) is 11.4. The Morgan fingerprint density at radius 1 is 1.25 bits per heavy atom. The van der Waals surface area contributed by atoms with Crippen molar-refractivity contribution in [1.82, 2.24) is 0 Å². The van der Waals surface area contributed by atoms with Gasteiger partial charge in [0.05, 0.1) is 0 Å². The number of piperidine rings is 1. The predicted octanol–water partition coefficient (Wildman–Crippen LogP) is 3.34. The Morgan fingerprint density at radius 2 is 1.88 bits per heavy atom. The molecule has 84 valence electrons. The highest BCUT2D eigenvalue weighted by atomic mass is 15.1. The van der Waals surface area contributed by atoms with Crippen molar-refractivity contribution in [1.29, 1.82) is 0 Å². The molecule has 0 aromatic heterocycles. The molecular formula is C14H18N2. The zero-order valence-corrected chi connectivity index (χ0v) is 9.82. The molecule has 16 heavy (non-hydrogen) atoms. The van der Waals surface area contributed by atoms with Crippen LogP contribution in [-0.2, 0) is 6.54 Å².